The molecule has 1 aliphatic heterocycles. The number of hydrazone groups is 1. The van der Waals surface area contributed by atoms with E-state index in [1.54, 1.807) is 0 Å². The van der Waals surface area contributed by atoms with Gasteiger partial charge in [0.2, 0.25) is 0 Å². The first-order chi connectivity index (χ1) is 16.5. The molecule has 1 aliphatic rings. The van der Waals surface area contributed by atoms with Crippen molar-refractivity contribution in [2.24, 2.45) is 5.10 Å². The maximum absolute atomic E-state index is 5.67. The first kappa shape index (κ1) is 22.0. The van der Waals surface area contributed by atoms with Gasteiger partial charge in [-0.05, 0) is 43.8 Å². The molecule has 3 aromatic carbocycles. The van der Waals surface area contributed by atoms with Crippen LogP contribution in [0.15, 0.2) is 90.2 Å². The summed E-state index contributed by atoms with van der Waals surface area (Å²) in [6.45, 7) is 4.19. The van der Waals surface area contributed by atoms with Crippen molar-refractivity contribution in [3.63, 3.8) is 0 Å². The number of hydrogen-bond donors (Lipinski definition) is 1. The summed E-state index contributed by atoms with van der Waals surface area (Å²) in [5.41, 5.74) is 8.71. The molecule has 1 unspecified atom stereocenters. The first-order valence-corrected chi connectivity index (χ1v) is 11.8. The molecule has 2 heterocycles. The Kier molecular flexibility index (Phi) is 5.99. The van der Waals surface area contributed by atoms with E-state index in [9.17, 15) is 0 Å². The Morgan fingerprint density at radius 3 is 2.12 bits per heavy atom. The molecule has 34 heavy (non-hydrogen) atoms. The molecule has 0 saturated heterocycles. The quantitative estimate of drug-likeness (QED) is 0.386. The zero-order valence-electron chi connectivity index (χ0n) is 19.6. The lowest BCUT2D eigenvalue weighted by Crippen LogP contribution is -2.34. The van der Waals surface area contributed by atoms with Gasteiger partial charge in [0.15, 0.2) is 5.11 Å². The van der Waals surface area contributed by atoms with Crippen molar-refractivity contribution < 1.29 is 0 Å². The molecule has 0 aliphatic carbocycles. The summed E-state index contributed by atoms with van der Waals surface area (Å²) in [6, 6.07) is 27.2. The molecular formula is C28H27N5S. The van der Waals surface area contributed by atoms with Crippen molar-refractivity contribution in [3.05, 3.63) is 107 Å². The van der Waals surface area contributed by atoms with E-state index in [4.69, 9.17) is 22.4 Å². The summed E-state index contributed by atoms with van der Waals surface area (Å²) in [6.07, 6.45) is 2.86. The largest absolute Gasteiger partial charge is 0.364 e. The van der Waals surface area contributed by atoms with Crippen molar-refractivity contribution >= 4 is 23.0 Å². The molecule has 6 heteroatoms. The molecular weight excluding hydrogens is 438 g/mol. The van der Waals surface area contributed by atoms with Crippen molar-refractivity contribution in [1.29, 1.82) is 0 Å². The van der Waals surface area contributed by atoms with Gasteiger partial charge in [0, 0.05) is 30.8 Å². The van der Waals surface area contributed by atoms with Gasteiger partial charge < -0.3 is 5.32 Å². The van der Waals surface area contributed by atoms with Gasteiger partial charge in [0.05, 0.1) is 23.1 Å². The Morgan fingerprint density at radius 1 is 0.882 bits per heavy atom. The maximum Gasteiger partial charge on any atom is 0.189 e. The number of hydrogen-bond acceptors (Lipinski definition) is 3. The predicted molar refractivity (Wildman–Crippen MR) is 142 cm³/mol. The number of aryl methyl sites for hydroxylation is 2. The van der Waals surface area contributed by atoms with E-state index in [0.717, 1.165) is 40.2 Å². The molecule has 5 rings (SSSR count). The van der Waals surface area contributed by atoms with Gasteiger partial charge in [-0.25, -0.2) is 9.69 Å². The molecule has 1 atom stereocenters. The lowest BCUT2D eigenvalue weighted by Gasteiger charge is -2.23. The van der Waals surface area contributed by atoms with Gasteiger partial charge in [-0.3, -0.25) is 0 Å². The summed E-state index contributed by atoms with van der Waals surface area (Å²) in [7, 11) is 1.84. The highest BCUT2D eigenvalue weighted by molar-refractivity contribution is 7.80. The highest BCUT2D eigenvalue weighted by Gasteiger charge is 2.34. The van der Waals surface area contributed by atoms with Crippen LogP contribution in [0, 0.1) is 13.8 Å². The van der Waals surface area contributed by atoms with Gasteiger partial charge in [0.1, 0.15) is 0 Å². The van der Waals surface area contributed by atoms with Gasteiger partial charge in [-0.15, -0.1) is 0 Å². The zero-order chi connectivity index (χ0) is 23.7. The van der Waals surface area contributed by atoms with E-state index in [2.05, 4.69) is 86.0 Å². The molecule has 4 aromatic rings. The Balaban J connectivity index is 1.62. The second-order valence-corrected chi connectivity index (χ2v) is 9.00. The van der Waals surface area contributed by atoms with Crippen LogP contribution in [0.2, 0.25) is 0 Å². The minimum absolute atomic E-state index is 0.0648. The highest BCUT2D eigenvalue weighted by Crippen LogP contribution is 2.38. The predicted octanol–water partition coefficient (Wildman–Crippen LogP) is 5.81. The van der Waals surface area contributed by atoms with Crippen LogP contribution in [-0.4, -0.2) is 32.7 Å². The van der Waals surface area contributed by atoms with Gasteiger partial charge in [0.25, 0.3) is 0 Å². The highest BCUT2D eigenvalue weighted by atomic mass is 32.1. The van der Waals surface area contributed by atoms with E-state index in [1.165, 1.54) is 11.1 Å². The average Bonchev–Trinajstić information content (AvgIpc) is 3.50. The maximum atomic E-state index is 5.67. The van der Waals surface area contributed by atoms with Crippen LogP contribution in [-0.2, 0) is 0 Å². The summed E-state index contributed by atoms with van der Waals surface area (Å²) in [5.74, 6) is 0. The van der Waals surface area contributed by atoms with Crippen LogP contribution in [0.1, 0.15) is 34.7 Å². The van der Waals surface area contributed by atoms with Crippen LogP contribution in [0.3, 0.4) is 0 Å². The van der Waals surface area contributed by atoms with Gasteiger partial charge >= 0.3 is 0 Å². The standard InChI is InChI=1S/C28H27N5S/c1-19-9-13-21(14-10-19)25-17-26(33(30-25)28(34)29-3)24-18-32(23-7-5-4-6-8-23)31-27(24)22-15-11-20(2)12-16-22/h4-16,18,26H,17H2,1-3H3,(H,29,34). The zero-order valence-corrected chi connectivity index (χ0v) is 20.4. The fraction of sp³-hybridized carbons (Fsp3) is 0.179. The van der Waals surface area contributed by atoms with Crippen molar-refractivity contribution in [1.82, 2.24) is 20.1 Å². The lowest BCUT2D eigenvalue weighted by molar-refractivity contribution is 0.367. The number of benzene rings is 3. The SMILES string of the molecule is CNC(=S)N1N=C(c2ccc(C)cc2)CC1c1cn(-c2ccccc2)nc1-c1ccc(C)cc1. The number of para-hydroxylation sites is 1. The number of thiocarbonyl (C=S) groups is 1. The summed E-state index contributed by atoms with van der Waals surface area (Å²) in [4.78, 5) is 0. The van der Waals surface area contributed by atoms with Crippen LogP contribution < -0.4 is 5.32 Å². The molecule has 0 spiro atoms. The fourth-order valence-corrected chi connectivity index (χ4v) is 4.42. The molecule has 170 valence electrons. The molecule has 0 bridgehead atoms. The Bertz CT molecular complexity index is 1340. The Morgan fingerprint density at radius 2 is 1.50 bits per heavy atom. The first-order valence-electron chi connectivity index (χ1n) is 11.4. The van der Waals surface area contributed by atoms with Crippen LogP contribution in [0.4, 0.5) is 0 Å². The molecule has 1 aromatic heterocycles. The monoisotopic (exact) mass is 465 g/mol. The third-order valence-corrected chi connectivity index (χ3v) is 6.56. The van der Waals surface area contributed by atoms with Crippen LogP contribution in [0.25, 0.3) is 16.9 Å². The normalized spacial score (nSPS) is 15.3. The van der Waals surface area contributed by atoms with E-state index in [0.29, 0.717) is 5.11 Å². The Hall–Kier alpha value is -3.77. The van der Waals surface area contributed by atoms with E-state index < -0.39 is 0 Å². The van der Waals surface area contributed by atoms with Gasteiger partial charge in [-0.1, -0.05) is 77.9 Å². The van der Waals surface area contributed by atoms with E-state index in [-0.39, 0.29) is 6.04 Å². The topological polar surface area (TPSA) is 45.5 Å². The number of aromatic nitrogens is 2. The minimum atomic E-state index is -0.0648. The molecule has 5 nitrogen and oxygen atoms in total. The van der Waals surface area contributed by atoms with Crippen molar-refractivity contribution in [3.8, 4) is 16.9 Å². The van der Waals surface area contributed by atoms with Crippen molar-refractivity contribution in [2.45, 2.75) is 26.3 Å². The number of nitrogens with zero attached hydrogens (tertiary/aromatic N) is 4. The minimum Gasteiger partial charge on any atom is -0.364 e. The molecule has 0 radical (unpaired) electrons. The average molecular weight is 466 g/mol. The van der Waals surface area contributed by atoms with E-state index in [1.807, 2.05) is 34.9 Å². The lowest BCUT2D eigenvalue weighted by atomic mass is 9.96. The van der Waals surface area contributed by atoms with Gasteiger partial charge in [-0.2, -0.15) is 10.2 Å². The summed E-state index contributed by atoms with van der Waals surface area (Å²) >= 11 is 5.67. The second kappa shape index (κ2) is 9.23. The third kappa shape index (κ3) is 4.24. The summed E-state index contributed by atoms with van der Waals surface area (Å²) in [5, 5.41) is 15.6. The second-order valence-electron chi connectivity index (χ2n) is 8.61. The smallest absolute Gasteiger partial charge is 0.189 e. The molecule has 0 amide bonds. The number of nitrogens with one attached hydrogen (secondary N) is 1. The third-order valence-electron chi connectivity index (χ3n) is 6.16. The fourth-order valence-electron chi connectivity index (χ4n) is 4.25. The van der Waals surface area contributed by atoms with E-state index >= 15 is 0 Å². The Labute approximate surface area is 205 Å². The number of rotatable bonds is 4. The molecule has 0 fully saturated rings. The van der Waals surface area contributed by atoms with Crippen LogP contribution in [0.5, 0.6) is 0 Å². The van der Waals surface area contributed by atoms with Crippen molar-refractivity contribution in [2.75, 3.05) is 7.05 Å². The molecule has 1 N–H and O–H groups in total. The summed E-state index contributed by atoms with van der Waals surface area (Å²) < 4.78 is 1.95. The molecule has 0 saturated carbocycles. The van der Waals surface area contributed by atoms with Crippen LogP contribution >= 0.6 is 12.2 Å².